The van der Waals surface area contributed by atoms with Crippen molar-refractivity contribution < 1.29 is 22.3 Å². The lowest BCUT2D eigenvalue weighted by Gasteiger charge is -2.16. The van der Waals surface area contributed by atoms with Gasteiger partial charge in [-0.05, 0) is 30.3 Å². The topological polar surface area (TPSA) is 52.6 Å². The van der Waals surface area contributed by atoms with Crippen LogP contribution in [-0.2, 0) is 19.3 Å². The third-order valence-corrected chi connectivity index (χ3v) is 5.87. The molecule has 1 fully saturated rings. The number of halogens is 3. The summed E-state index contributed by atoms with van der Waals surface area (Å²) in [6.07, 6.45) is -1.06. The van der Waals surface area contributed by atoms with E-state index >= 15 is 0 Å². The number of rotatable bonds is 3. The summed E-state index contributed by atoms with van der Waals surface area (Å²) in [4.78, 5) is -0.401. The summed E-state index contributed by atoms with van der Waals surface area (Å²) in [6, 6.07) is 7.77. The monoisotopic (exact) mass is 376 g/mol. The van der Waals surface area contributed by atoms with E-state index in [2.05, 4.69) is 0 Å². The highest BCUT2D eigenvalue weighted by Crippen LogP contribution is 2.36. The van der Waals surface area contributed by atoms with E-state index in [1.54, 1.807) is 0 Å². The molecule has 4 nitrogen and oxygen atoms in total. The zero-order chi connectivity index (χ0) is 16.6. The van der Waals surface area contributed by atoms with Crippen molar-refractivity contribution >= 4 is 33.0 Å². The number of hydrogen-bond donors (Lipinski definition) is 0. The van der Waals surface area contributed by atoms with Crippen molar-refractivity contribution in [2.24, 2.45) is 0 Å². The minimum atomic E-state index is -4.07. The molecule has 122 valence electrons. The van der Waals surface area contributed by atoms with Crippen molar-refractivity contribution in [2.75, 3.05) is 13.2 Å². The summed E-state index contributed by atoms with van der Waals surface area (Å²) in [6.45, 7) is 0.528. The first-order valence-corrected chi connectivity index (χ1v) is 8.87. The number of sulfone groups is 1. The molecule has 3 rings (SSSR count). The van der Waals surface area contributed by atoms with E-state index in [1.165, 1.54) is 30.3 Å². The second-order valence-corrected chi connectivity index (χ2v) is 7.53. The fourth-order valence-corrected chi connectivity index (χ4v) is 4.57. The Morgan fingerprint density at radius 3 is 2.39 bits per heavy atom. The highest BCUT2D eigenvalue weighted by Gasteiger charge is 2.32. The molecule has 0 atom stereocenters. The first-order valence-electron chi connectivity index (χ1n) is 6.63. The highest BCUT2D eigenvalue weighted by atomic mass is 35.5. The van der Waals surface area contributed by atoms with Gasteiger partial charge in [-0.15, -0.1) is 0 Å². The van der Waals surface area contributed by atoms with E-state index in [4.69, 9.17) is 32.7 Å². The Balaban J connectivity index is 2.19. The van der Waals surface area contributed by atoms with Crippen LogP contribution in [0.4, 0.5) is 4.39 Å². The predicted octanol–water partition coefficient (Wildman–Crippen LogP) is 4.01. The van der Waals surface area contributed by atoms with Gasteiger partial charge < -0.3 is 9.47 Å². The van der Waals surface area contributed by atoms with Crippen LogP contribution in [-0.4, -0.2) is 21.6 Å². The Morgan fingerprint density at radius 2 is 1.74 bits per heavy atom. The van der Waals surface area contributed by atoms with E-state index in [0.29, 0.717) is 5.02 Å². The van der Waals surface area contributed by atoms with Gasteiger partial charge in [-0.1, -0.05) is 29.3 Å². The molecule has 0 aromatic heterocycles. The van der Waals surface area contributed by atoms with Gasteiger partial charge in [-0.2, -0.15) is 0 Å². The van der Waals surface area contributed by atoms with Gasteiger partial charge in [-0.3, -0.25) is 0 Å². The molecule has 0 radical (unpaired) electrons. The molecule has 1 saturated heterocycles. The van der Waals surface area contributed by atoms with Gasteiger partial charge in [0, 0.05) is 5.02 Å². The normalized spacial score (nSPS) is 16.0. The summed E-state index contributed by atoms with van der Waals surface area (Å²) in [7, 11) is -4.07. The lowest BCUT2D eigenvalue weighted by atomic mass is 10.2. The summed E-state index contributed by atoms with van der Waals surface area (Å²) < 4.78 is 50.5. The van der Waals surface area contributed by atoms with E-state index < -0.39 is 21.9 Å². The maximum atomic E-state index is 14.2. The van der Waals surface area contributed by atoms with Crippen LogP contribution < -0.4 is 0 Å². The molecular formula is C15H11Cl2FO4S. The van der Waals surface area contributed by atoms with Crippen LogP contribution in [0.25, 0.3) is 0 Å². The molecule has 1 aliphatic rings. The van der Waals surface area contributed by atoms with Crippen LogP contribution in [0.2, 0.25) is 10.0 Å². The number of hydrogen-bond acceptors (Lipinski definition) is 4. The lowest BCUT2D eigenvalue weighted by molar-refractivity contribution is -0.0486. The van der Waals surface area contributed by atoms with Crippen molar-refractivity contribution in [1.29, 1.82) is 0 Å². The Kier molecular flexibility index (Phi) is 4.62. The summed E-state index contributed by atoms with van der Waals surface area (Å²) >= 11 is 11.8. The van der Waals surface area contributed by atoms with Crippen LogP contribution >= 0.6 is 23.2 Å². The average molecular weight is 377 g/mol. The van der Waals surface area contributed by atoms with Crippen LogP contribution in [0.3, 0.4) is 0 Å². The molecule has 2 aromatic rings. The maximum Gasteiger partial charge on any atom is 0.208 e. The van der Waals surface area contributed by atoms with Crippen molar-refractivity contribution in [3.8, 4) is 0 Å². The molecule has 0 amide bonds. The first kappa shape index (κ1) is 16.7. The fraction of sp³-hybridized carbons (Fsp3) is 0.200. The summed E-state index contributed by atoms with van der Waals surface area (Å²) in [5.74, 6) is -0.719. The maximum absolute atomic E-state index is 14.2. The van der Waals surface area contributed by atoms with Crippen molar-refractivity contribution in [2.45, 2.75) is 16.1 Å². The summed E-state index contributed by atoms with van der Waals surface area (Å²) in [5, 5.41) is 0.261. The fourth-order valence-electron chi connectivity index (χ4n) is 2.32. The molecule has 0 bridgehead atoms. The molecule has 0 saturated carbocycles. The molecular weight excluding hydrogens is 366 g/mol. The Labute approximate surface area is 142 Å². The van der Waals surface area contributed by atoms with Crippen LogP contribution in [0.1, 0.15) is 11.9 Å². The van der Waals surface area contributed by atoms with Gasteiger partial charge in [0.2, 0.25) is 9.84 Å². The van der Waals surface area contributed by atoms with Gasteiger partial charge in [0.25, 0.3) is 0 Å². The predicted molar refractivity (Wildman–Crippen MR) is 83.0 cm³/mol. The van der Waals surface area contributed by atoms with Crippen molar-refractivity contribution in [3.05, 3.63) is 57.8 Å². The molecule has 0 N–H and O–H groups in total. The van der Waals surface area contributed by atoms with Gasteiger partial charge >= 0.3 is 0 Å². The molecule has 0 spiro atoms. The zero-order valence-electron chi connectivity index (χ0n) is 11.6. The van der Waals surface area contributed by atoms with E-state index in [1.807, 2.05) is 0 Å². The molecule has 8 heteroatoms. The molecule has 2 aromatic carbocycles. The van der Waals surface area contributed by atoms with E-state index in [-0.39, 0.29) is 33.6 Å². The largest absolute Gasteiger partial charge is 0.346 e. The molecule has 23 heavy (non-hydrogen) atoms. The van der Waals surface area contributed by atoms with E-state index in [9.17, 15) is 12.8 Å². The third-order valence-electron chi connectivity index (χ3n) is 3.34. The molecule has 1 heterocycles. The van der Waals surface area contributed by atoms with Gasteiger partial charge in [-0.25, -0.2) is 12.8 Å². The SMILES string of the molecule is O=S(=O)(c1ccc(Cl)cc1Cl)c1cccc(F)c1C1OCCO1. The lowest BCUT2D eigenvalue weighted by Crippen LogP contribution is -2.12. The standard InChI is InChI=1S/C15H11Cl2FO4S/c16-9-4-5-12(10(17)8-9)23(19,20)13-3-1-2-11(18)14(13)15-21-6-7-22-15/h1-5,8,15H,6-7H2. The quantitative estimate of drug-likeness (QED) is 0.811. The Morgan fingerprint density at radius 1 is 1.04 bits per heavy atom. The molecule has 0 unspecified atom stereocenters. The minimum absolute atomic E-state index is 0.0408. The first-order chi connectivity index (χ1) is 10.9. The second kappa shape index (κ2) is 6.37. The van der Waals surface area contributed by atoms with Crippen molar-refractivity contribution in [3.63, 3.8) is 0 Å². The highest BCUT2D eigenvalue weighted by molar-refractivity contribution is 7.91. The summed E-state index contributed by atoms with van der Waals surface area (Å²) in [5.41, 5.74) is -0.156. The van der Waals surface area contributed by atoms with E-state index in [0.717, 1.165) is 6.07 Å². The molecule has 0 aliphatic carbocycles. The Bertz CT molecular complexity index is 849. The zero-order valence-corrected chi connectivity index (χ0v) is 14.0. The third kappa shape index (κ3) is 3.09. The number of ether oxygens (including phenoxy) is 2. The molecule has 1 aliphatic heterocycles. The van der Waals surface area contributed by atoms with Crippen LogP contribution in [0.5, 0.6) is 0 Å². The van der Waals surface area contributed by atoms with Gasteiger partial charge in [0.15, 0.2) is 6.29 Å². The number of benzene rings is 2. The van der Waals surface area contributed by atoms with Crippen LogP contribution in [0, 0.1) is 5.82 Å². The average Bonchev–Trinajstić information content (AvgIpc) is 3.00. The van der Waals surface area contributed by atoms with Gasteiger partial charge in [0.1, 0.15) is 5.82 Å². The Hall–Kier alpha value is -1.18. The van der Waals surface area contributed by atoms with Crippen molar-refractivity contribution in [1.82, 2.24) is 0 Å². The van der Waals surface area contributed by atoms with Crippen LogP contribution in [0.15, 0.2) is 46.2 Å². The second-order valence-electron chi connectivity index (χ2n) is 4.80. The minimum Gasteiger partial charge on any atom is -0.346 e. The smallest absolute Gasteiger partial charge is 0.208 e. The van der Waals surface area contributed by atoms with Gasteiger partial charge in [0.05, 0.1) is 33.6 Å².